The van der Waals surface area contributed by atoms with Crippen molar-refractivity contribution in [3.05, 3.63) is 29.8 Å². The zero-order valence-electron chi connectivity index (χ0n) is 10.5. The third-order valence-corrected chi connectivity index (χ3v) is 4.16. The van der Waals surface area contributed by atoms with E-state index in [9.17, 15) is 8.42 Å². The molecule has 0 spiro atoms. The minimum absolute atomic E-state index is 0.0983. The van der Waals surface area contributed by atoms with Crippen LogP contribution in [-0.4, -0.2) is 31.6 Å². The molecule has 0 saturated carbocycles. The van der Waals surface area contributed by atoms with Crippen molar-refractivity contribution in [2.24, 2.45) is 5.73 Å². The van der Waals surface area contributed by atoms with Crippen LogP contribution in [0.4, 0.5) is 5.69 Å². The molecule has 1 aromatic rings. The summed E-state index contributed by atoms with van der Waals surface area (Å²) in [5.41, 5.74) is 6.23. The van der Waals surface area contributed by atoms with E-state index in [4.69, 9.17) is 11.1 Å². The Labute approximate surface area is 107 Å². The quantitative estimate of drug-likeness (QED) is 0.530. The summed E-state index contributed by atoms with van der Waals surface area (Å²) in [5.74, 6) is -0.0983. The van der Waals surface area contributed by atoms with Crippen molar-refractivity contribution in [1.82, 2.24) is 4.31 Å². The Morgan fingerprint density at radius 3 is 2.50 bits per heavy atom. The molecule has 0 bridgehead atoms. The van der Waals surface area contributed by atoms with Crippen molar-refractivity contribution in [3.63, 3.8) is 0 Å². The Kier molecular flexibility index (Phi) is 4.69. The molecule has 18 heavy (non-hydrogen) atoms. The third kappa shape index (κ3) is 3.44. The van der Waals surface area contributed by atoms with Gasteiger partial charge >= 0.3 is 10.2 Å². The van der Waals surface area contributed by atoms with Gasteiger partial charge in [0.05, 0.1) is 5.69 Å². The molecule has 6 nitrogen and oxygen atoms in total. The summed E-state index contributed by atoms with van der Waals surface area (Å²) in [6.07, 6.45) is 0. The summed E-state index contributed by atoms with van der Waals surface area (Å²) in [7, 11) is -3.55. The van der Waals surface area contributed by atoms with Crippen LogP contribution in [0.5, 0.6) is 0 Å². The van der Waals surface area contributed by atoms with Gasteiger partial charge in [-0.25, -0.2) is 0 Å². The lowest BCUT2D eigenvalue weighted by atomic mass is 10.2. The van der Waals surface area contributed by atoms with Gasteiger partial charge in [0.1, 0.15) is 5.84 Å². The summed E-state index contributed by atoms with van der Waals surface area (Å²) in [6.45, 7) is 4.35. The maximum Gasteiger partial charge on any atom is 0.301 e. The molecule has 0 saturated heterocycles. The van der Waals surface area contributed by atoms with E-state index in [1.165, 1.54) is 10.4 Å². The van der Waals surface area contributed by atoms with Crippen LogP contribution < -0.4 is 10.5 Å². The number of nitrogens with two attached hydrogens (primary N) is 1. The van der Waals surface area contributed by atoms with E-state index in [1.54, 1.807) is 32.0 Å². The van der Waals surface area contributed by atoms with Gasteiger partial charge in [-0.2, -0.15) is 12.7 Å². The first-order valence-corrected chi connectivity index (χ1v) is 7.07. The highest BCUT2D eigenvalue weighted by Gasteiger charge is 2.18. The Morgan fingerprint density at radius 1 is 1.39 bits per heavy atom. The Morgan fingerprint density at radius 2 is 2.00 bits per heavy atom. The van der Waals surface area contributed by atoms with Crippen LogP contribution >= 0.6 is 0 Å². The van der Waals surface area contributed by atoms with Crippen LogP contribution in [0.15, 0.2) is 24.3 Å². The second kappa shape index (κ2) is 5.83. The van der Waals surface area contributed by atoms with E-state index in [1.807, 2.05) is 0 Å². The number of nitrogen functional groups attached to an aromatic ring is 1. The first-order valence-electron chi connectivity index (χ1n) is 5.63. The molecule has 1 aromatic carbocycles. The van der Waals surface area contributed by atoms with Crippen molar-refractivity contribution in [1.29, 1.82) is 5.41 Å². The zero-order valence-corrected chi connectivity index (χ0v) is 11.3. The molecule has 0 aromatic heterocycles. The van der Waals surface area contributed by atoms with Crippen LogP contribution in [-0.2, 0) is 10.2 Å². The van der Waals surface area contributed by atoms with Gasteiger partial charge in [-0.15, -0.1) is 0 Å². The van der Waals surface area contributed by atoms with E-state index in [0.717, 1.165) is 0 Å². The topological polar surface area (TPSA) is 99.3 Å². The average molecular weight is 270 g/mol. The summed E-state index contributed by atoms with van der Waals surface area (Å²) < 4.78 is 27.7. The number of rotatable bonds is 6. The normalized spacial score (nSPS) is 11.5. The number of nitrogens with one attached hydrogen (secondary N) is 2. The second-order valence-corrected chi connectivity index (χ2v) is 5.36. The van der Waals surface area contributed by atoms with Gasteiger partial charge in [0.15, 0.2) is 0 Å². The average Bonchev–Trinajstić information content (AvgIpc) is 2.29. The highest BCUT2D eigenvalue weighted by molar-refractivity contribution is 7.90. The lowest BCUT2D eigenvalue weighted by Gasteiger charge is -2.19. The maximum atomic E-state index is 12.0. The zero-order chi connectivity index (χ0) is 13.8. The minimum atomic E-state index is -3.55. The highest BCUT2D eigenvalue weighted by atomic mass is 32.2. The molecule has 4 N–H and O–H groups in total. The SMILES string of the molecule is CCN(CC)S(=O)(=O)Nc1cccc(C(=N)N)c1. The number of nitrogens with zero attached hydrogens (tertiary/aromatic N) is 1. The van der Waals surface area contributed by atoms with Gasteiger partial charge in [0, 0.05) is 18.7 Å². The van der Waals surface area contributed by atoms with E-state index < -0.39 is 10.2 Å². The van der Waals surface area contributed by atoms with E-state index in [2.05, 4.69) is 4.72 Å². The van der Waals surface area contributed by atoms with E-state index in [0.29, 0.717) is 24.3 Å². The lowest BCUT2D eigenvalue weighted by molar-refractivity contribution is 0.449. The summed E-state index contributed by atoms with van der Waals surface area (Å²) in [5, 5.41) is 7.31. The smallest absolute Gasteiger partial charge is 0.301 e. The van der Waals surface area contributed by atoms with Crippen LogP contribution in [0.3, 0.4) is 0 Å². The largest absolute Gasteiger partial charge is 0.384 e. The van der Waals surface area contributed by atoms with Crippen LogP contribution in [0.1, 0.15) is 19.4 Å². The van der Waals surface area contributed by atoms with Crippen molar-refractivity contribution < 1.29 is 8.42 Å². The Balaban J connectivity index is 2.97. The van der Waals surface area contributed by atoms with E-state index >= 15 is 0 Å². The summed E-state index contributed by atoms with van der Waals surface area (Å²) in [4.78, 5) is 0. The maximum absolute atomic E-state index is 12.0. The fraction of sp³-hybridized carbons (Fsp3) is 0.364. The fourth-order valence-corrected chi connectivity index (χ4v) is 2.76. The molecular weight excluding hydrogens is 252 g/mol. The Hall–Kier alpha value is -1.60. The van der Waals surface area contributed by atoms with Crippen molar-refractivity contribution in [3.8, 4) is 0 Å². The highest BCUT2D eigenvalue weighted by Crippen LogP contribution is 2.13. The summed E-state index contributed by atoms with van der Waals surface area (Å²) >= 11 is 0. The summed E-state index contributed by atoms with van der Waals surface area (Å²) in [6, 6.07) is 6.45. The van der Waals surface area contributed by atoms with Gasteiger partial charge in [-0.1, -0.05) is 26.0 Å². The van der Waals surface area contributed by atoms with Crippen LogP contribution in [0.2, 0.25) is 0 Å². The molecule has 0 heterocycles. The number of anilines is 1. The molecular formula is C11H18N4O2S. The predicted octanol–water partition coefficient (Wildman–Crippen LogP) is 0.969. The Bertz CT molecular complexity index is 524. The molecule has 100 valence electrons. The number of amidine groups is 1. The van der Waals surface area contributed by atoms with Gasteiger partial charge in [-0.3, -0.25) is 10.1 Å². The standard InChI is InChI=1S/C11H18N4O2S/c1-3-15(4-2)18(16,17)14-10-7-5-6-9(8-10)11(12)13/h5-8,14H,3-4H2,1-2H3,(H3,12,13). The molecule has 0 atom stereocenters. The molecule has 0 radical (unpaired) electrons. The molecule has 0 aliphatic heterocycles. The number of hydrogen-bond acceptors (Lipinski definition) is 3. The fourth-order valence-electron chi connectivity index (χ4n) is 1.53. The predicted molar refractivity (Wildman–Crippen MR) is 72.9 cm³/mol. The van der Waals surface area contributed by atoms with Crippen molar-refractivity contribution in [2.75, 3.05) is 17.8 Å². The molecule has 0 fully saturated rings. The van der Waals surface area contributed by atoms with Gasteiger partial charge in [-0.05, 0) is 12.1 Å². The van der Waals surface area contributed by atoms with Crippen LogP contribution in [0, 0.1) is 5.41 Å². The van der Waals surface area contributed by atoms with E-state index in [-0.39, 0.29) is 5.84 Å². The second-order valence-electron chi connectivity index (χ2n) is 3.69. The molecule has 0 unspecified atom stereocenters. The number of hydrogen-bond donors (Lipinski definition) is 3. The molecule has 0 amide bonds. The first-order chi connectivity index (χ1) is 8.40. The number of benzene rings is 1. The molecule has 0 aliphatic rings. The van der Waals surface area contributed by atoms with Crippen molar-refractivity contribution >= 4 is 21.7 Å². The van der Waals surface area contributed by atoms with Gasteiger partial charge < -0.3 is 5.73 Å². The van der Waals surface area contributed by atoms with Crippen molar-refractivity contribution in [2.45, 2.75) is 13.8 Å². The first kappa shape index (κ1) is 14.5. The monoisotopic (exact) mass is 270 g/mol. The van der Waals surface area contributed by atoms with Gasteiger partial charge in [0.2, 0.25) is 0 Å². The lowest BCUT2D eigenvalue weighted by Crippen LogP contribution is -2.35. The molecule has 7 heteroatoms. The molecule has 0 aliphatic carbocycles. The van der Waals surface area contributed by atoms with Gasteiger partial charge in [0.25, 0.3) is 0 Å². The molecule has 1 rings (SSSR count). The van der Waals surface area contributed by atoms with Crippen LogP contribution in [0.25, 0.3) is 0 Å². The minimum Gasteiger partial charge on any atom is -0.384 e. The third-order valence-electron chi connectivity index (χ3n) is 2.47.